The molecule has 0 unspecified atom stereocenters. The number of hydrogen-bond donors (Lipinski definition) is 1. The van der Waals surface area contributed by atoms with Crippen LogP contribution in [-0.2, 0) is 17.8 Å². The Kier molecular flexibility index (Phi) is 4.31. The summed E-state index contributed by atoms with van der Waals surface area (Å²) in [5, 5.41) is 10.4. The first kappa shape index (κ1) is 13.8. The van der Waals surface area contributed by atoms with E-state index in [-0.39, 0.29) is 5.91 Å². The molecule has 3 rings (SSSR count). The van der Waals surface area contributed by atoms with E-state index >= 15 is 0 Å². The van der Waals surface area contributed by atoms with Gasteiger partial charge in [0.1, 0.15) is 0 Å². The van der Waals surface area contributed by atoms with Crippen LogP contribution in [0.4, 0.5) is 0 Å². The maximum absolute atomic E-state index is 11.9. The van der Waals surface area contributed by atoms with Crippen LogP contribution in [0.5, 0.6) is 0 Å². The number of carbonyl (C=O) groups excluding carboxylic acids is 1. The highest BCUT2D eigenvalue weighted by Gasteiger charge is 2.05. The zero-order chi connectivity index (χ0) is 14.5. The molecule has 0 saturated heterocycles. The Morgan fingerprint density at radius 3 is 3.00 bits per heavy atom. The largest absolute Gasteiger partial charge is 0.356 e. The molecule has 0 fully saturated rings. The number of aryl methyl sites for hydroxylation is 1. The minimum atomic E-state index is 0.0751. The topological polar surface area (TPSA) is 46.9 Å². The molecule has 3 aromatic rings. The summed E-state index contributed by atoms with van der Waals surface area (Å²) in [7, 11) is 0. The van der Waals surface area contributed by atoms with Gasteiger partial charge in [-0.3, -0.25) is 9.48 Å². The van der Waals surface area contributed by atoms with E-state index in [0.29, 0.717) is 19.5 Å². The van der Waals surface area contributed by atoms with Crippen molar-refractivity contribution in [3.63, 3.8) is 0 Å². The van der Waals surface area contributed by atoms with E-state index in [1.807, 2.05) is 41.2 Å². The van der Waals surface area contributed by atoms with Crippen LogP contribution in [0.25, 0.3) is 10.9 Å². The molecular weight excluding hydrogens is 282 g/mol. The van der Waals surface area contributed by atoms with Gasteiger partial charge < -0.3 is 5.32 Å². The fourth-order valence-electron chi connectivity index (χ4n) is 2.28. The lowest BCUT2D eigenvalue weighted by molar-refractivity contribution is -0.121. The molecule has 0 bridgehead atoms. The number of amides is 1. The van der Waals surface area contributed by atoms with E-state index in [0.717, 1.165) is 17.3 Å². The van der Waals surface area contributed by atoms with E-state index in [1.54, 1.807) is 11.3 Å². The molecule has 108 valence electrons. The fourth-order valence-corrected chi connectivity index (χ4v) is 2.99. The summed E-state index contributed by atoms with van der Waals surface area (Å²) in [4.78, 5) is 13.2. The quantitative estimate of drug-likeness (QED) is 0.761. The molecule has 1 N–H and O–H groups in total. The Hall–Kier alpha value is -2.14. The number of benzene rings is 1. The van der Waals surface area contributed by atoms with Crippen LogP contribution in [0.15, 0.2) is 48.0 Å². The van der Waals surface area contributed by atoms with Crippen LogP contribution in [0.2, 0.25) is 0 Å². The molecule has 0 aliphatic carbocycles. The van der Waals surface area contributed by atoms with E-state index in [1.165, 1.54) is 4.88 Å². The summed E-state index contributed by atoms with van der Waals surface area (Å²) < 4.78 is 1.88. The highest BCUT2D eigenvalue weighted by molar-refractivity contribution is 7.09. The van der Waals surface area contributed by atoms with Crippen LogP contribution >= 0.6 is 11.3 Å². The van der Waals surface area contributed by atoms with Gasteiger partial charge in [-0.2, -0.15) is 5.10 Å². The lowest BCUT2D eigenvalue weighted by Crippen LogP contribution is -2.26. The number of fused-ring (bicyclic) bond motifs is 1. The molecule has 4 nitrogen and oxygen atoms in total. The molecule has 0 aliphatic heterocycles. The van der Waals surface area contributed by atoms with Crippen molar-refractivity contribution in [2.75, 3.05) is 6.54 Å². The maximum atomic E-state index is 11.9. The number of para-hydroxylation sites is 1. The van der Waals surface area contributed by atoms with E-state index in [2.05, 4.69) is 21.9 Å². The first-order chi connectivity index (χ1) is 10.3. The van der Waals surface area contributed by atoms with Gasteiger partial charge in [-0.1, -0.05) is 24.3 Å². The second-order valence-electron chi connectivity index (χ2n) is 4.86. The van der Waals surface area contributed by atoms with E-state index < -0.39 is 0 Å². The Morgan fingerprint density at radius 1 is 1.24 bits per heavy atom. The van der Waals surface area contributed by atoms with Crippen molar-refractivity contribution in [2.24, 2.45) is 0 Å². The van der Waals surface area contributed by atoms with Gasteiger partial charge in [0, 0.05) is 23.2 Å². The number of nitrogens with zero attached hydrogens (tertiary/aromatic N) is 2. The summed E-state index contributed by atoms with van der Waals surface area (Å²) in [6.45, 7) is 1.30. The lowest BCUT2D eigenvalue weighted by atomic mass is 10.2. The average Bonchev–Trinajstić information content (AvgIpc) is 3.14. The molecule has 2 heterocycles. The number of hydrogen-bond acceptors (Lipinski definition) is 3. The van der Waals surface area contributed by atoms with Gasteiger partial charge in [0.05, 0.1) is 18.3 Å². The normalized spacial score (nSPS) is 10.9. The molecule has 0 saturated carbocycles. The van der Waals surface area contributed by atoms with Gasteiger partial charge >= 0.3 is 0 Å². The van der Waals surface area contributed by atoms with Crippen molar-refractivity contribution in [3.8, 4) is 0 Å². The Morgan fingerprint density at radius 2 is 2.14 bits per heavy atom. The Labute approximate surface area is 127 Å². The first-order valence-corrected chi connectivity index (χ1v) is 7.90. The predicted octanol–water partition coefficient (Wildman–Crippen LogP) is 2.85. The zero-order valence-electron chi connectivity index (χ0n) is 11.7. The van der Waals surface area contributed by atoms with Gasteiger partial charge in [-0.25, -0.2) is 0 Å². The number of thiophene rings is 1. The molecular formula is C16H17N3OS. The fraction of sp³-hybridized carbons (Fsp3) is 0.250. The third-order valence-corrected chi connectivity index (χ3v) is 4.31. The van der Waals surface area contributed by atoms with Crippen molar-refractivity contribution >= 4 is 28.1 Å². The second kappa shape index (κ2) is 6.54. The van der Waals surface area contributed by atoms with Crippen molar-refractivity contribution in [1.29, 1.82) is 0 Å². The smallest absolute Gasteiger partial charge is 0.221 e. The van der Waals surface area contributed by atoms with Crippen molar-refractivity contribution in [1.82, 2.24) is 15.1 Å². The van der Waals surface area contributed by atoms with Crippen LogP contribution in [0.1, 0.15) is 11.3 Å². The highest BCUT2D eigenvalue weighted by atomic mass is 32.1. The van der Waals surface area contributed by atoms with Gasteiger partial charge in [0.25, 0.3) is 0 Å². The monoisotopic (exact) mass is 299 g/mol. The zero-order valence-corrected chi connectivity index (χ0v) is 12.5. The number of nitrogens with one attached hydrogen (secondary N) is 1. The molecule has 21 heavy (non-hydrogen) atoms. The maximum Gasteiger partial charge on any atom is 0.221 e. The molecule has 0 aliphatic rings. The van der Waals surface area contributed by atoms with Gasteiger partial charge in [-0.15, -0.1) is 11.3 Å². The number of carbonyl (C=O) groups is 1. The van der Waals surface area contributed by atoms with E-state index in [9.17, 15) is 4.79 Å². The molecule has 0 atom stereocenters. The Bertz CT molecular complexity index is 718. The summed E-state index contributed by atoms with van der Waals surface area (Å²) >= 11 is 1.72. The van der Waals surface area contributed by atoms with Crippen molar-refractivity contribution in [2.45, 2.75) is 19.4 Å². The SMILES string of the molecule is O=C(CCn1ncc2ccccc21)NCCc1cccs1. The summed E-state index contributed by atoms with van der Waals surface area (Å²) in [6, 6.07) is 12.2. The van der Waals surface area contributed by atoms with Crippen LogP contribution in [0.3, 0.4) is 0 Å². The van der Waals surface area contributed by atoms with Crippen LogP contribution < -0.4 is 5.32 Å². The van der Waals surface area contributed by atoms with Gasteiger partial charge in [0.15, 0.2) is 0 Å². The van der Waals surface area contributed by atoms with Gasteiger partial charge in [0.2, 0.25) is 5.91 Å². The summed E-state index contributed by atoms with van der Waals surface area (Å²) in [6.07, 6.45) is 3.19. The summed E-state index contributed by atoms with van der Waals surface area (Å²) in [5.74, 6) is 0.0751. The molecule has 0 radical (unpaired) electrons. The Balaban J connectivity index is 1.47. The predicted molar refractivity (Wildman–Crippen MR) is 85.4 cm³/mol. The second-order valence-corrected chi connectivity index (χ2v) is 5.89. The standard InChI is InChI=1S/C16H17N3OS/c20-16(17-9-7-14-5-3-11-21-14)8-10-19-15-6-2-1-4-13(15)12-18-19/h1-6,11-12H,7-10H2,(H,17,20). The molecule has 2 aromatic heterocycles. The number of rotatable bonds is 6. The number of aromatic nitrogens is 2. The van der Waals surface area contributed by atoms with Crippen LogP contribution in [0, 0.1) is 0 Å². The molecule has 5 heteroatoms. The van der Waals surface area contributed by atoms with E-state index in [4.69, 9.17) is 0 Å². The molecule has 0 spiro atoms. The lowest BCUT2D eigenvalue weighted by Gasteiger charge is -2.05. The highest BCUT2D eigenvalue weighted by Crippen LogP contribution is 2.12. The average molecular weight is 299 g/mol. The molecule has 1 amide bonds. The van der Waals surface area contributed by atoms with Crippen molar-refractivity contribution < 1.29 is 4.79 Å². The third kappa shape index (κ3) is 3.49. The van der Waals surface area contributed by atoms with Crippen molar-refractivity contribution in [3.05, 3.63) is 52.9 Å². The van der Waals surface area contributed by atoms with Crippen LogP contribution in [-0.4, -0.2) is 22.2 Å². The molecule has 1 aromatic carbocycles. The third-order valence-electron chi connectivity index (χ3n) is 3.38. The summed E-state index contributed by atoms with van der Waals surface area (Å²) in [5.41, 5.74) is 1.07. The minimum Gasteiger partial charge on any atom is -0.356 e. The minimum absolute atomic E-state index is 0.0751. The van der Waals surface area contributed by atoms with Gasteiger partial charge in [-0.05, 0) is 23.9 Å². The first-order valence-electron chi connectivity index (χ1n) is 7.02.